The zero-order chi connectivity index (χ0) is 21.2. The van der Waals surface area contributed by atoms with Crippen molar-refractivity contribution in [2.45, 2.75) is 44.0 Å². The second-order valence-electron chi connectivity index (χ2n) is 7.33. The van der Waals surface area contributed by atoms with Crippen molar-refractivity contribution < 1.29 is 9.63 Å². The maximum Gasteiger partial charge on any atom is 0.251 e. The van der Waals surface area contributed by atoms with Gasteiger partial charge in [0.05, 0.1) is 0 Å². The summed E-state index contributed by atoms with van der Waals surface area (Å²) in [6.45, 7) is 6.64. The van der Waals surface area contributed by atoms with Crippen LogP contribution in [0, 0.1) is 6.92 Å². The molecule has 0 saturated carbocycles. The van der Waals surface area contributed by atoms with Crippen LogP contribution in [0.2, 0.25) is 10.0 Å². The zero-order valence-electron chi connectivity index (χ0n) is 16.6. The fourth-order valence-corrected chi connectivity index (χ4v) is 4.51. The Balaban J connectivity index is 1.83. The van der Waals surface area contributed by atoms with Gasteiger partial charge in [0.25, 0.3) is 5.91 Å². The number of carbonyl (C=O) groups is 1. The third-order valence-electron chi connectivity index (χ3n) is 5.08. The van der Waals surface area contributed by atoms with Gasteiger partial charge in [0.2, 0.25) is 0 Å². The molecule has 1 heterocycles. The van der Waals surface area contributed by atoms with Crippen molar-refractivity contribution in [3.63, 3.8) is 0 Å². The molecule has 2 unspecified atom stereocenters. The molecule has 0 radical (unpaired) electrons. The number of hydrogen-bond donors (Lipinski definition) is 1. The molecule has 154 valence electrons. The maximum atomic E-state index is 12.4. The van der Waals surface area contributed by atoms with Crippen molar-refractivity contribution in [1.29, 1.82) is 0 Å². The second kappa shape index (κ2) is 9.07. The topological polar surface area (TPSA) is 50.7 Å². The van der Waals surface area contributed by atoms with Gasteiger partial charge >= 0.3 is 0 Å². The minimum Gasteiger partial charge on any atom is -0.383 e. The van der Waals surface area contributed by atoms with Crippen LogP contribution in [-0.2, 0) is 10.4 Å². The van der Waals surface area contributed by atoms with E-state index in [1.165, 1.54) is 0 Å². The first-order chi connectivity index (χ1) is 13.8. The van der Waals surface area contributed by atoms with Gasteiger partial charge in [-0.3, -0.25) is 4.79 Å². The van der Waals surface area contributed by atoms with Crippen molar-refractivity contribution in [3.8, 4) is 0 Å². The fourth-order valence-electron chi connectivity index (χ4n) is 3.29. The quantitative estimate of drug-likeness (QED) is 0.379. The number of nitrogens with zero attached hydrogens (tertiary/aromatic N) is 1. The van der Waals surface area contributed by atoms with Crippen LogP contribution in [0.4, 0.5) is 0 Å². The predicted octanol–water partition coefficient (Wildman–Crippen LogP) is 6.24. The largest absolute Gasteiger partial charge is 0.383 e. The molecule has 2 atom stereocenters. The number of aryl methyl sites for hydroxylation is 1. The third kappa shape index (κ3) is 4.62. The molecular formula is C22H23BrCl2N2O2. The Morgan fingerprint density at radius 2 is 1.93 bits per heavy atom. The van der Waals surface area contributed by atoms with Gasteiger partial charge in [0, 0.05) is 33.3 Å². The summed E-state index contributed by atoms with van der Waals surface area (Å²) in [4.78, 5) is 18.0. The molecule has 1 N–H and O–H groups in total. The normalized spacial score (nSPS) is 20.9. The highest BCUT2D eigenvalue weighted by molar-refractivity contribution is 9.10. The number of rotatable bonds is 6. The first kappa shape index (κ1) is 22.1. The lowest BCUT2D eigenvalue weighted by atomic mass is 9.88. The average molecular weight is 498 g/mol. The highest BCUT2D eigenvalue weighted by Crippen LogP contribution is 2.42. The second-order valence-corrected chi connectivity index (χ2v) is 9.12. The van der Waals surface area contributed by atoms with Gasteiger partial charge in [-0.2, -0.15) is 0 Å². The molecule has 0 saturated heterocycles. The minimum absolute atomic E-state index is 0.0547. The van der Waals surface area contributed by atoms with Crippen LogP contribution >= 0.6 is 39.1 Å². The van der Waals surface area contributed by atoms with E-state index in [4.69, 9.17) is 28.0 Å². The summed E-state index contributed by atoms with van der Waals surface area (Å²) >= 11 is 16.1. The van der Waals surface area contributed by atoms with Crippen LogP contribution in [0.15, 0.2) is 41.6 Å². The van der Waals surface area contributed by atoms with Crippen LogP contribution in [-0.4, -0.2) is 23.0 Å². The van der Waals surface area contributed by atoms with Crippen LogP contribution in [0.5, 0.6) is 0 Å². The average Bonchev–Trinajstić information content (AvgIpc) is 2.97. The standard InChI is InChI=1S/C22H23BrCl2N2O2/c1-4-5-8-26-21(28)18-7-6-14(9-13(18)2)19-20(23)22(3,29-27-19)15-10-16(24)12-17(25)11-15/h6-7,9-12,20H,4-5,8H2,1-3H3,(H,26,28). The summed E-state index contributed by atoms with van der Waals surface area (Å²) in [6, 6.07) is 11.0. The lowest BCUT2D eigenvalue weighted by Crippen LogP contribution is -2.34. The molecule has 4 nitrogen and oxygen atoms in total. The van der Waals surface area contributed by atoms with Crippen molar-refractivity contribution in [1.82, 2.24) is 5.32 Å². The lowest BCUT2D eigenvalue weighted by Gasteiger charge is -2.26. The molecule has 0 bridgehead atoms. The summed E-state index contributed by atoms with van der Waals surface area (Å²) in [7, 11) is 0. The first-order valence-corrected chi connectivity index (χ1v) is 11.2. The Morgan fingerprint density at radius 3 is 2.55 bits per heavy atom. The molecular weight excluding hydrogens is 475 g/mol. The molecule has 0 spiro atoms. The number of unbranched alkanes of at least 4 members (excludes halogenated alkanes) is 1. The molecule has 0 aromatic heterocycles. The molecule has 0 aliphatic carbocycles. The lowest BCUT2D eigenvalue weighted by molar-refractivity contribution is -0.00304. The Bertz CT molecular complexity index is 944. The van der Waals surface area contributed by atoms with E-state index in [-0.39, 0.29) is 10.7 Å². The smallest absolute Gasteiger partial charge is 0.251 e. The molecule has 2 aromatic rings. The van der Waals surface area contributed by atoms with Crippen LogP contribution in [0.3, 0.4) is 0 Å². The highest BCUT2D eigenvalue weighted by atomic mass is 79.9. The van der Waals surface area contributed by atoms with E-state index in [0.717, 1.165) is 35.2 Å². The molecule has 1 aliphatic heterocycles. The van der Waals surface area contributed by atoms with Crippen LogP contribution in [0.25, 0.3) is 0 Å². The number of halogens is 3. The van der Waals surface area contributed by atoms with Crippen molar-refractivity contribution in [3.05, 3.63) is 68.7 Å². The van der Waals surface area contributed by atoms with Gasteiger partial charge in [-0.1, -0.05) is 63.7 Å². The zero-order valence-corrected chi connectivity index (χ0v) is 19.7. The number of alkyl halides is 1. The van der Waals surface area contributed by atoms with Crippen molar-refractivity contribution >= 4 is 50.8 Å². The van der Waals surface area contributed by atoms with E-state index < -0.39 is 5.60 Å². The molecule has 1 amide bonds. The number of benzene rings is 2. The summed E-state index contributed by atoms with van der Waals surface area (Å²) in [6.07, 6.45) is 2.01. The number of amides is 1. The van der Waals surface area contributed by atoms with E-state index >= 15 is 0 Å². The van der Waals surface area contributed by atoms with E-state index in [9.17, 15) is 4.79 Å². The molecule has 2 aromatic carbocycles. The van der Waals surface area contributed by atoms with Crippen molar-refractivity contribution in [2.75, 3.05) is 6.54 Å². The fraction of sp³-hybridized carbons (Fsp3) is 0.364. The molecule has 1 aliphatic rings. The number of nitrogens with one attached hydrogen (secondary N) is 1. The van der Waals surface area contributed by atoms with Crippen molar-refractivity contribution in [2.24, 2.45) is 5.16 Å². The van der Waals surface area contributed by atoms with Gasteiger partial charge < -0.3 is 10.2 Å². The predicted molar refractivity (Wildman–Crippen MR) is 123 cm³/mol. The monoisotopic (exact) mass is 496 g/mol. The van der Waals surface area contributed by atoms with Gasteiger partial charge in [-0.15, -0.1) is 0 Å². The minimum atomic E-state index is -0.756. The van der Waals surface area contributed by atoms with E-state index in [0.29, 0.717) is 22.2 Å². The Hall–Kier alpha value is -1.56. The number of oxime groups is 1. The van der Waals surface area contributed by atoms with E-state index in [1.807, 2.05) is 44.2 Å². The first-order valence-electron chi connectivity index (χ1n) is 9.52. The van der Waals surface area contributed by atoms with Gasteiger partial charge in [-0.05, 0) is 56.2 Å². The third-order valence-corrected chi connectivity index (χ3v) is 6.82. The summed E-state index contributed by atoms with van der Waals surface area (Å²) in [5, 5.41) is 8.37. The molecule has 3 rings (SSSR count). The van der Waals surface area contributed by atoms with Crippen LogP contribution in [0.1, 0.15) is 53.7 Å². The number of hydrogen-bond acceptors (Lipinski definition) is 3. The Kier molecular flexibility index (Phi) is 6.92. The van der Waals surface area contributed by atoms with E-state index in [1.54, 1.807) is 6.07 Å². The summed E-state index contributed by atoms with van der Waals surface area (Å²) < 4.78 is 0. The van der Waals surface area contributed by atoms with Gasteiger partial charge in [-0.25, -0.2) is 0 Å². The molecule has 0 fully saturated rings. The number of carbonyl (C=O) groups excluding carboxylic acids is 1. The summed E-state index contributed by atoms with van der Waals surface area (Å²) in [5.74, 6) is -0.0547. The SMILES string of the molecule is CCCCNC(=O)c1ccc(C2=NOC(C)(c3cc(Cl)cc(Cl)c3)C2Br)cc1C. The van der Waals surface area contributed by atoms with E-state index in [2.05, 4.69) is 33.3 Å². The van der Waals surface area contributed by atoms with Gasteiger partial charge in [0.15, 0.2) is 5.60 Å². The Morgan fingerprint density at radius 1 is 1.24 bits per heavy atom. The maximum absolute atomic E-state index is 12.4. The molecule has 29 heavy (non-hydrogen) atoms. The van der Waals surface area contributed by atoms with Crippen LogP contribution < -0.4 is 5.32 Å². The Labute approximate surface area is 189 Å². The highest BCUT2D eigenvalue weighted by Gasteiger charge is 2.46. The summed E-state index contributed by atoms with van der Waals surface area (Å²) in [5.41, 5.74) is 3.28. The van der Waals surface area contributed by atoms with Gasteiger partial charge in [0.1, 0.15) is 10.5 Å². The molecule has 7 heteroatoms.